The predicted molar refractivity (Wildman–Crippen MR) is 76.9 cm³/mol. The summed E-state index contributed by atoms with van der Waals surface area (Å²) < 4.78 is 1.05. The lowest BCUT2D eigenvalue weighted by Gasteiger charge is -2.15. The summed E-state index contributed by atoms with van der Waals surface area (Å²) in [5, 5.41) is 3.53. The van der Waals surface area contributed by atoms with Crippen LogP contribution in [0.2, 0.25) is 0 Å². The first-order valence-electron chi connectivity index (χ1n) is 6.56. The van der Waals surface area contributed by atoms with E-state index in [1.165, 1.54) is 31.2 Å². The Bertz CT molecular complexity index is 315. The zero-order chi connectivity index (χ0) is 12.5. The van der Waals surface area contributed by atoms with Crippen LogP contribution in [0.5, 0.6) is 0 Å². The third-order valence-electron chi connectivity index (χ3n) is 3.07. The summed E-state index contributed by atoms with van der Waals surface area (Å²) in [6, 6.07) is 2.12. The molecular formula is C14H23BrN2. The van der Waals surface area contributed by atoms with Gasteiger partial charge in [0.05, 0.1) is 0 Å². The Morgan fingerprint density at radius 2 is 2.18 bits per heavy atom. The maximum Gasteiger partial charge on any atom is 0.0410 e. The smallest absolute Gasteiger partial charge is 0.0410 e. The Morgan fingerprint density at radius 1 is 1.35 bits per heavy atom. The van der Waals surface area contributed by atoms with Gasteiger partial charge in [-0.25, -0.2) is 0 Å². The van der Waals surface area contributed by atoms with Crippen molar-refractivity contribution in [2.45, 2.75) is 46.1 Å². The van der Waals surface area contributed by atoms with Crippen LogP contribution in [0.1, 0.15) is 45.1 Å². The average Bonchev–Trinajstić information content (AvgIpc) is 2.33. The van der Waals surface area contributed by atoms with Gasteiger partial charge in [0.2, 0.25) is 0 Å². The molecule has 1 aromatic rings. The lowest BCUT2D eigenvalue weighted by molar-refractivity contribution is 0.419. The van der Waals surface area contributed by atoms with Crippen molar-refractivity contribution < 1.29 is 0 Å². The summed E-state index contributed by atoms with van der Waals surface area (Å²) in [5.41, 5.74) is 1.24. The third kappa shape index (κ3) is 6.18. The van der Waals surface area contributed by atoms with Gasteiger partial charge in [0.25, 0.3) is 0 Å². The molecule has 0 spiro atoms. The van der Waals surface area contributed by atoms with Gasteiger partial charge < -0.3 is 5.32 Å². The number of pyridine rings is 1. The lowest BCUT2D eigenvalue weighted by Crippen LogP contribution is -2.22. The van der Waals surface area contributed by atoms with Crippen LogP contribution in [0, 0.1) is 5.92 Å². The molecule has 0 radical (unpaired) electrons. The summed E-state index contributed by atoms with van der Waals surface area (Å²) in [4.78, 5) is 4.16. The van der Waals surface area contributed by atoms with Gasteiger partial charge in [-0.05, 0) is 46.4 Å². The molecule has 1 atom stereocenters. The topological polar surface area (TPSA) is 24.9 Å². The first-order valence-corrected chi connectivity index (χ1v) is 7.35. The summed E-state index contributed by atoms with van der Waals surface area (Å²) >= 11 is 3.44. The Kier molecular flexibility index (Phi) is 7.45. The van der Waals surface area contributed by atoms with Gasteiger partial charge in [0.1, 0.15) is 0 Å². The quantitative estimate of drug-likeness (QED) is 0.780. The lowest BCUT2D eigenvalue weighted by atomic mass is 9.99. The molecule has 1 N–H and O–H groups in total. The number of aromatic nitrogens is 1. The highest BCUT2D eigenvalue weighted by atomic mass is 79.9. The number of hydrogen-bond donors (Lipinski definition) is 1. The van der Waals surface area contributed by atoms with Gasteiger partial charge in [0, 0.05) is 23.4 Å². The summed E-state index contributed by atoms with van der Waals surface area (Å²) in [6.07, 6.45) is 9.00. The minimum Gasteiger partial charge on any atom is -0.312 e. The number of nitrogens with zero attached hydrogens (tertiary/aromatic N) is 1. The summed E-state index contributed by atoms with van der Waals surface area (Å²) in [6.45, 7) is 6.56. The minimum atomic E-state index is 0.815. The van der Waals surface area contributed by atoms with Crippen LogP contribution < -0.4 is 5.32 Å². The van der Waals surface area contributed by atoms with Crippen molar-refractivity contribution in [1.82, 2.24) is 10.3 Å². The van der Waals surface area contributed by atoms with Crippen molar-refractivity contribution >= 4 is 15.9 Å². The fourth-order valence-electron chi connectivity index (χ4n) is 1.92. The molecule has 17 heavy (non-hydrogen) atoms. The van der Waals surface area contributed by atoms with Gasteiger partial charge in [-0.3, -0.25) is 4.98 Å². The summed E-state index contributed by atoms with van der Waals surface area (Å²) in [5.74, 6) is 0.815. The van der Waals surface area contributed by atoms with Crippen LogP contribution in [0.25, 0.3) is 0 Å². The predicted octanol–water partition coefficient (Wildman–Crippen LogP) is 4.15. The molecule has 0 aromatic carbocycles. The zero-order valence-electron chi connectivity index (χ0n) is 10.9. The number of nitrogens with one attached hydrogen (secondary N) is 1. The Labute approximate surface area is 113 Å². The molecular weight excluding hydrogens is 276 g/mol. The number of hydrogen-bond acceptors (Lipinski definition) is 2. The molecule has 0 amide bonds. The van der Waals surface area contributed by atoms with E-state index in [1.54, 1.807) is 0 Å². The molecule has 0 aliphatic rings. The molecule has 0 saturated carbocycles. The highest BCUT2D eigenvalue weighted by Crippen LogP contribution is 2.12. The van der Waals surface area contributed by atoms with Gasteiger partial charge in [-0.15, -0.1) is 0 Å². The molecule has 0 aliphatic carbocycles. The van der Waals surface area contributed by atoms with E-state index in [-0.39, 0.29) is 0 Å². The van der Waals surface area contributed by atoms with Crippen LogP contribution in [-0.2, 0) is 6.54 Å². The van der Waals surface area contributed by atoms with E-state index in [2.05, 4.69) is 46.1 Å². The summed E-state index contributed by atoms with van der Waals surface area (Å²) in [7, 11) is 0. The first-order chi connectivity index (χ1) is 8.26. The van der Waals surface area contributed by atoms with Gasteiger partial charge in [-0.2, -0.15) is 0 Å². The second kappa shape index (κ2) is 8.65. The Hall–Kier alpha value is -0.410. The monoisotopic (exact) mass is 298 g/mol. The van der Waals surface area contributed by atoms with Crippen molar-refractivity contribution in [2.75, 3.05) is 6.54 Å². The van der Waals surface area contributed by atoms with Crippen molar-refractivity contribution in [3.05, 3.63) is 28.5 Å². The number of rotatable bonds is 8. The van der Waals surface area contributed by atoms with E-state index >= 15 is 0 Å². The standard InChI is InChI=1S/C14H23BrN2/c1-3-5-6-12(4-2)8-16-9-13-7-14(15)11-17-10-13/h7,10-12,16H,3-6,8-9H2,1-2H3. The van der Waals surface area contributed by atoms with Crippen LogP contribution in [-0.4, -0.2) is 11.5 Å². The average molecular weight is 299 g/mol. The van der Waals surface area contributed by atoms with Crippen molar-refractivity contribution in [1.29, 1.82) is 0 Å². The fraction of sp³-hybridized carbons (Fsp3) is 0.643. The van der Waals surface area contributed by atoms with E-state index in [1.807, 2.05) is 12.4 Å². The van der Waals surface area contributed by atoms with Crippen LogP contribution >= 0.6 is 15.9 Å². The van der Waals surface area contributed by atoms with Gasteiger partial charge in [-0.1, -0.05) is 33.1 Å². The minimum absolute atomic E-state index is 0.815. The molecule has 3 heteroatoms. The molecule has 1 unspecified atom stereocenters. The second-order valence-electron chi connectivity index (χ2n) is 4.56. The highest BCUT2D eigenvalue weighted by Gasteiger charge is 2.05. The fourth-order valence-corrected chi connectivity index (χ4v) is 2.33. The third-order valence-corrected chi connectivity index (χ3v) is 3.50. The van der Waals surface area contributed by atoms with E-state index in [9.17, 15) is 0 Å². The van der Waals surface area contributed by atoms with Gasteiger partial charge in [0.15, 0.2) is 0 Å². The molecule has 96 valence electrons. The second-order valence-corrected chi connectivity index (χ2v) is 5.47. The van der Waals surface area contributed by atoms with Gasteiger partial charge >= 0.3 is 0 Å². The SMILES string of the molecule is CCCCC(CC)CNCc1cncc(Br)c1. The van der Waals surface area contributed by atoms with E-state index in [4.69, 9.17) is 0 Å². The van der Waals surface area contributed by atoms with E-state index < -0.39 is 0 Å². The maximum atomic E-state index is 4.16. The number of unbranched alkanes of at least 4 members (excludes halogenated alkanes) is 1. The van der Waals surface area contributed by atoms with Crippen LogP contribution in [0.15, 0.2) is 22.9 Å². The molecule has 0 saturated heterocycles. The van der Waals surface area contributed by atoms with Crippen molar-refractivity contribution in [3.8, 4) is 0 Å². The normalized spacial score (nSPS) is 12.6. The highest BCUT2D eigenvalue weighted by molar-refractivity contribution is 9.10. The molecule has 1 aromatic heterocycles. The molecule has 1 rings (SSSR count). The van der Waals surface area contributed by atoms with Crippen LogP contribution in [0.3, 0.4) is 0 Å². The van der Waals surface area contributed by atoms with E-state index in [0.29, 0.717) is 0 Å². The molecule has 2 nitrogen and oxygen atoms in total. The van der Waals surface area contributed by atoms with Crippen molar-refractivity contribution in [3.63, 3.8) is 0 Å². The number of halogens is 1. The molecule has 0 fully saturated rings. The molecule has 0 aliphatic heterocycles. The van der Waals surface area contributed by atoms with E-state index in [0.717, 1.165) is 23.5 Å². The van der Waals surface area contributed by atoms with Crippen LogP contribution in [0.4, 0.5) is 0 Å². The molecule has 0 bridgehead atoms. The zero-order valence-corrected chi connectivity index (χ0v) is 12.5. The maximum absolute atomic E-state index is 4.16. The largest absolute Gasteiger partial charge is 0.312 e. The Balaban J connectivity index is 2.26. The Morgan fingerprint density at radius 3 is 2.82 bits per heavy atom. The van der Waals surface area contributed by atoms with Crippen molar-refractivity contribution in [2.24, 2.45) is 5.92 Å². The molecule has 1 heterocycles. The first kappa shape index (κ1) is 14.7.